The third-order valence-corrected chi connectivity index (χ3v) is 7.08. The standard InChI is InChI=1S/C22H13BrF5NO5S/c1-33-20-15(23)5-10-6-19(20)35(31,32)29-18-7-14(16(24)8-17(18)25)13-3-2-12(22(26,27)28)4-11(13)9-34-21(10)30/h2-8,29H,9H2,1H3. The molecule has 35 heavy (non-hydrogen) atoms. The van der Waals surface area contributed by atoms with Crippen LogP contribution in [0.15, 0.2) is 51.8 Å². The van der Waals surface area contributed by atoms with E-state index in [-0.39, 0.29) is 26.9 Å². The van der Waals surface area contributed by atoms with Crippen molar-refractivity contribution in [3.8, 4) is 16.9 Å². The van der Waals surface area contributed by atoms with Gasteiger partial charge in [-0.3, -0.25) is 4.72 Å². The average molecular weight is 578 g/mol. The number of hydrogen-bond donors (Lipinski definition) is 1. The highest BCUT2D eigenvalue weighted by Gasteiger charge is 2.32. The molecular formula is C22H13BrF5NO5S. The van der Waals surface area contributed by atoms with Crippen LogP contribution in [0.2, 0.25) is 0 Å². The number of alkyl halides is 3. The molecular weight excluding hydrogens is 565 g/mol. The summed E-state index contributed by atoms with van der Waals surface area (Å²) in [4.78, 5) is 12.1. The van der Waals surface area contributed by atoms with Crippen molar-refractivity contribution in [2.45, 2.75) is 17.7 Å². The van der Waals surface area contributed by atoms with E-state index in [2.05, 4.69) is 15.9 Å². The monoisotopic (exact) mass is 577 g/mol. The number of sulfonamides is 1. The van der Waals surface area contributed by atoms with Gasteiger partial charge < -0.3 is 9.47 Å². The van der Waals surface area contributed by atoms with Crippen molar-refractivity contribution in [1.29, 1.82) is 0 Å². The summed E-state index contributed by atoms with van der Waals surface area (Å²) < 4.78 is 108. The van der Waals surface area contributed by atoms with Crippen molar-refractivity contribution < 1.29 is 44.6 Å². The Bertz CT molecular complexity index is 1470. The SMILES string of the molecule is COc1c(Br)cc2cc1S(=O)(=O)Nc1cc(c(F)cc1F)-c1ccc(C(F)(F)F)cc1COC2=O. The normalized spacial score (nSPS) is 15.0. The van der Waals surface area contributed by atoms with Crippen LogP contribution in [-0.2, 0) is 27.5 Å². The lowest BCUT2D eigenvalue weighted by atomic mass is 9.96. The van der Waals surface area contributed by atoms with E-state index in [0.29, 0.717) is 18.2 Å². The van der Waals surface area contributed by atoms with E-state index in [1.165, 1.54) is 6.07 Å². The average Bonchev–Trinajstić information content (AvgIpc) is 2.77. The fourth-order valence-electron chi connectivity index (χ4n) is 3.50. The summed E-state index contributed by atoms with van der Waals surface area (Å²) in [5.41, 5.74) is -2.86. The fourth-order valence-corrected chi connectivity index (χ4v) is 5.52. The molecule has 4 bridgehead atoms. The Morgan fingerprint density at radius 3 is 2.40 bits per heavy atom. The van der Waals surface area contributed by atoms with Gasteiger partial charge in [0.1, 0.15) is 23.1 Å². The molecule has 0 radical (unpaired) electrons. The Balaban J connectivity index is 2.02. The molecule has 6 nitrogen and oxygen atoms in total. The lowest BCUT2D eigenvalue weighted by molar-refractivity contribution is -0.137. The number of carbonyl (C=O) groups is 1. The Hall–Kier alpha value is -3.19. The molecule has 184 valence electrons. The maximum absolute atomic E-state index is 14.7. The van der Waals surface area contributed by atoms with Crippen LogP contribution in [-0.4, -0.2) is 21.5 Å². The molecule has 3 aromatic carbocycles. The van der Waals surface area contributed by atoms with Crippen LogP contribution in [0.5, 0.6) is 5.75 Å². The molecule has 4 rings (SSSR count). The largest absolute Gasteiger partial charge is 0.494 e. The highest BCUT2D eigenvalue weighted by atomic mass is 79.9. The Morgan fingerprint density at radius 1 is 1.03 bits per heavy atom. The predicted molar refractivity (Wildman–Crippen MR) is 117 cm³/mol. The van der Waals surface area contributed by atoms with Crippen molar-refractivity contribution in [2.24, 2.45) is 0 Å². The number of benzene rings is 3. The van der Waals surface area contributed by atoms with Crippen LogP contribution in [0.25, 0.3) is 11.1 Å². The molecule has 1 N–H and O–H groups in total. The van der Waals surface area contributed by atoms with Gasteiger partial charge in [0.05, 0.1) is 28.4 Å². The minimum Gasteiger partial charge on any atom is -0.494 e. The molecule has 1 aliphatic rings. The number of halogens is 6. The number of carbonyl (C=O) groups excluding carboxylic acids is 1. The maximum atomic E-state index is 14.7. The zero-order valence-corrected chi connectivity index (χ0v) is 19.9. The molecule has 1 heterocycles. The first-order valence-corrected chi connectivity index (χ1v) is 11.9. The Kier molecular flexibility index (Phi) is 6.26. The number of ether oxygens (including phenoxy) is 2. The molecule has 0 aliphatic carbocycles. The summed E-state index contributed by atoms with van der Waals surface area (Å²) in [6.45, 7) is -0.719. The molecule has 0 fully saturated rings. The summed E-state index contributed by atoms with van der Waals surface area (Å²) in [5, 5.41) is 0. The highest BCUT2D eigenvalue weighted by molar-refractivity contribution is 9.10. The summed E-state index contributed by atoms with van der Waals surface area (Å²) in [6.07, 6.45) is -4.75. The number of fused-ring (bicyclic) bond motifs is 6. The number of cyclic esters (lactones) is 1. The van der Waals surface area contributed by atoms with E-state index in [1.54, 1.807) is 0 Å². The maximum Gasteiger partial charge on any atom is 0.416 e. The Morgan fingerprint density at radius 2 is 1.74 bits per heavy atom. The van der Waals surface area contributed by atoms with Gasteiger partial charge in [-0.25, -0.2) is 22.0 Å². The number of anilines is 1. The van der Waals surface area contributed by atoms with Crippen LogP contribution < -0.4 is 9.46 Å². The molecule has 0 aromatic heterocycles. The minimum atomic E-state index is -4.75. The van der Waals surface area contributed by atoms with E-state index in [0.717, 1.165) is 25.3 Å². The smallest absolute Gasteiger partial charge is 0.416 e. The predicted octanol–water partition coefficient (Wildman–Crippen LogP) is 5.89. The summed E-state index contributed by atoms with van der Waals surface area (Å²) >= 11 is 3.09. The van der Waals surface area contributed by atoms with Gasteiger partial charge in [0.15, 0.2) is 5.75 Å². The van der Waals surface area contributed by atoms with Gasteiger partial charge >= 0.3 is 12.1 Å². The van der Waals surface area contributed by atoms with E-state index in [1.807, 2.05) is 4.72 Å². The van der Waals surface area contributed by atoms with Crippen molar-refractivity contribution in [1.82, 2.24) is 0 Å². The molecule has 0 saturated carbocycles. The minimum absolute atomic E-state index is 0.0321. The zero-order chi connectivity index (χ0) is 25.7. The van der Waals surface area contributed by atoms with Crippen molar-refractivity contribution in [2.75, 3.05) is 11.8 Å². The van der Waals surface area contributed by atoms with E-state index < -0.39 is 62.1 Å². The quantitative estimate of drug-likeness (QED) is 0.288. The summed E-state index contributed by atoms with van der Waals surface area (Å²) in [5.74, 6) is -3.75. The molecule has 0 unspecified atom stereocenters. The first-order valence-electron chi connectivity index (χ1n) is 9.59. The summed E-state index contributed by atoms with van der Waals surface area (Å²) in [7, 11) is -3.45. The third-order valence-electron chi connectivity index (χ3n) is 5.12. The van der Waals surface area contributed by atoms with Crippen molar-refractivity contribution in [3.05, 3.63) is 75.3 Å². The number of methoxy groups -OCH3 is 1. The third kappa shape index (κ3) is 4.69. The molecule has 0 spiro atoms. The zero-order valence-electron chi connectivity index (χ0n) is 17.5. The molecule has 1 aliphatic heterocycles. The Labute approximate surface area is 203 Å². The van der Waals surface area contributed by atoms with Crippen molar-refractivity contribution >= 4 is 37.6 Å². The molecule has 0 amide bonds. The van der Waals surface area contributed by atoms with E-state index in [4.69, 9.17) is 9.47 Å². The molecule has 0 saturated heterocycles. The summed E-state index contributed by atoms with van der Waals surface area (Å²) in [6, 6.07) is 5.57. The highest BCUT2D eigenvalue weighted by Crippen LogP contribution is 2.39. The number of hydrogen-bond acceptors (Lipinski definition) is 5. The van der Waals surface area contributed by atoms with Gasteiger partial charge in [-0.15, -0.1) is 0 Å². The second-order valence-electron chi connectivity index (χ2n) is 7.35. The molecule has 13 heteroatoms. The van der Waals surface area contributed by atoms with Crippen LogP contribution >= 0.6 is 15.9 Å². The van der Waals surface area contributed by atoms with Crippen LogP contribution in [0.4, 0.5) is 27.6 Å². The van der Waals surface area contributed by atoms with E-state index >= 15 is 0 Å². The van der Waals surface area contributed by atoms with Gasteiger partial charge in [-0.05, 0) is 57.4 Å². The van der Waals surface area contributed by atoms with Gasteiger partial charge in [-0.1, -0.05) is 6.07 Å². The lowest BCUT2D eigenvalue weighted by Gasteiger charge is -2.16. The lowest BCUT2D eigenvalue weighted by Crippen LogP contribution is -2.16. The number of rotatable bonds is 1. The molecule has 0 atom stereocenters. The van der Waals surface area contributed by atoms with Gasteiger partial charge in [0, 0.05) is 11.6 Å². The first-order chi connectivity index (χ1) is 16.3. The van der Waals surface area contributed by atoms with Crippen LogP contribution in [0.1, 0.15) is 21.5 Å². The number of esters is 1. The van der Waals surface area contributed by atoms with Crippen molar-refractivity contribution in [3.63, 3.8) is 0 Å². The molecule has 3 aromatic rings. The fraction of sp³-hybridized carbons (Fsp3) is 0.136. The topological polar surface area (TPSA) is 81.7 Å². The number of nitrogens with one attached hydrogen (secondary N) is 1. The van der Waals surface area contributed by atoms with Crippen LogP contribution in [0, 0.1) is 11.6 Å². The van der Waals surface area contributed by atoms with E-state index in [9.17, 15) is 35.2 Å². The van der Waals surface area contributed by atoms with Crippen LogP contribution in [0.3, 0.4) is 0 Å². The van der Waals surface area contributed by atoms with Gasteiger partial charge in [0.2, 0.25) is 0 Å². The van der Waals surface area contributed by atoms with Gasteiger partial charge in [-0.2, -0.15) is 13.2 Å². The second-order valence-corrected chi connectivity index (χ2v) is 9.86. The second kappa shape index (κ2) is 8.79. The van der Waals surface area contributed by atoms with Gasteiger partial charge in [0.25, 0.3) is 10.0 Å². The first kappa shape index (κ1) is 24.9.